The number of nitrogens with zero attached hydrogens (tertiary/aromatic N) is 3. The van der Waals surface area contributed by atoms with Crippen LogP contribution in [0.2, 0.25) is 0 Å². The number of ether oxygens (including phenoxy) is 3. The summed E-state index contributed by atoms with van der Waals surface area (Å²) in [5.41, 5.74) is 0. The van der Waals surface area contributed by atoms with Crippen molar-refractivity contribution in [3.8, 4) is 0 Å². The molecule has 4 aliphatic heterocycles. The fourth-order valence-corrected chi connectivity index (χ4v) is 5.26. The van der Waals surface area contributed by atoms with E-state index in [1.807, 2.05) is 0 Å². The molecule has 4 fully saturated rings. The second kappa shape index (κ2) is 9.06. The molecule has 0 N–H and O–H groups in total. The lowest BCUT2D eigenvalue weighted by molar-refractivity contribution is -0.127. The van der Waals surface area contributed by atoms with Crippen molar-refractivity contribution >= 4 is 0 Å². The first-order chi connectivity index (χ1) is 13.1. The maximum absolute atomic E-state index is 6.03. The maximum Gasteiger partial charge on any atom is 0.0729 e. The van der Waals surface area contributed by atoms with Crippen LogP contribution in [0.1, 0.15) is 59.3 Å². The van der Waals surface area contributed by atoms with Crippen LogP contribution in [0.25, 0.3) is 0 Å². The average molecular weight is 382 g/mol. The largest absolute Gasteiger partial charge is 0.377 e. The Hall–Kier alpha value is -0.240. The van der Waals surface area contributed by atoms with Gasteiger partial charge in [0.1, 0.15) is 0 Å². The molecule has 4 aliphatic rings. The van der Waals surface area contributed by atoms with Gasteiger partial charge in [0.25, 0.3) is 0 Å². The van der Waals surface area contributed by atoms with Gasteiger partial charge in [-0.1, -0.05) is 0 Å². The van der Waals surface area contributed by atoms with Gasteiger partial charge >= 0.3 is 0 Å². The summed E-state index contributed by atoms with van der Waals surface area (Å²) in [7, 11) is 0. The van der Waals surface area contributed by atoms with Gasteiger partial charge in [-0.2, -0.15) is 0 Å². The first kappa shape index (κ1) is 20.0. The first-order valence-electron chi connectivity index (χ1n) is 11.2. The standard InChI is InChI=1S/C21H39N3O3/c1-16(19-7-4-10-25-19)22-13-23(17(2)20-8-5-11-26-20)15-24(14-22)18(3)21-9-6-12-27-21/h16-21H,4-15H2,1-3H3. The molecule has 4 saturated heterocycles. The fourth-order valence-electron chi connectivity index (χ4n) is 5.26. The fraction of sp³-hybridized carbons (Fsp3) is 1.00. The van der Waals surface area contributed by atoms with Crippen LogP contribution < -0.4 is 0 Å². The minimum Gasteiger partial charge on any atom is -0.377 e. The van der Waals surface area contributed by atoms with Crippen molar-refractivity contribution in [2.45, 2.75) is 95.7 Å². The smallest absolute Gasteiger partial charge is 0.0729 e. The Bertz CT molecular complexity index is 389. The third-order valence-corrected chi connectivity index (χ3v) is 7.33. The predicted molar refractivity (Wildman–Crippen MR) is 105 cm³/mol. The van der Waals surface area contributed by atoms with Gasteiger partial charge in [-0.05, 0) is 59.3 Å². The first-order valence-corrected chi connectivity index (χ1v) is 11.2. The van der Waals surface area contributed by atoms with Gasteiger partial charge in [-0.25, -0.2) is 0 Å². The van der Waals surface area contributed by atoms with E-state index in [-0.39, 0.29) is 0 Å². The second-order valence-electron chi connectivity index (χ2n) is 9.07. The highest BCUT2D eigenvalue weighted by molar-refractivity contribution is 4.89. The van der Waals surface area contributed by atoms with Crippen molar-refractivity contribution < 1.29 is 14.2 Å². The van der Waals surface area contributed by atoms with Gasteiger partial charge in [0, 0.05) is 37.9 Å². The lowest BCUT2D eigenvalue weighted by Gasteiger charge is -2.50. The third-order valence-electron chi connectivity index (χ3n) is 7.33. The minimum atomic E-state index is 0.378. The molecule has 4 heterocycles. The molecule has 6 unspecified atom stereocenters. The Labute approximate surface area is 165 Å². The Morgan fingerprint density at radius 2 is 0.852 bits per heavy atom. The van der Waals surface area contributed by atoms with Crippen LogP contribution in [0, 0.1) is 0 Å². The van der Waals surface area contributed by atoms with Gasteiger partial charge in [0.05, 0.1) is 38.3 Å². The van der Waals surface area contributed by atoms with Crippen LogP contribution in [0.5, 0.6) is 0 Å². The Morgan fingerprint density at radius 1 is 0.556 bits per heavy atom. The highest BCUT2D eigenvalue weighted by Gasteiger charge is 2.39. The zero-order chi connectivity index (χ0) is 18.8. The monoisotopic (exact) mass is 381 g/mol. The molecule has 0 aromatic rings. The van der Waals surface area contributed by atoms with E-state index in [0.29, 0.717) is 36.4 Å². The van der Waals surface area contributed by atoms with E-state index in [1.165, 1.54) is 38.5 Å². The Balaban J connectivity index is 1.46. The highest BCUT2D eigenvalue weighted by atomic mass is 16.5. The van der Waals surface area contributed by atoms with E-state index in [1.54, 1.807) is 0 Å². The quantitative estimate of drug-likeness (QED) is 0.704. The molecule has 6 nitrogen and oxygen atoms in total. The number of hydrogen-bond acceptors (Lipinski definition) is 6. The molecule has 6 heteroatoms. The molecule has 27 heavy (non-hydrogen) atoms. The zero-order valence-corrected chi connectivity index (χ0v) is 17.5. The van der Waals surface area contributed by atoms with Crippen molar-refractivity contribution in [2.75, 3.05) is 39.8 Å². The average Bonchev–Trinajstić information content (AvgIpc) is 3.47. The van der Waals surface area contributed by atoms with Crippen molar-refractivity contribution in [1.82, 2.24) is 14.7 Å². The van der Waals surface area contributed by atoms with Crippen LogP contribution in [-0.4, -0.2) is 91.0 Å². The van der Waals surface area contributed by atoms with Crippen LogP contribution in [-0.2, 0) is 14.2 Å². The van der Waals surface area contributed by atoms with E-state index in [9.17, 15) is 0 Å². The van der Waals surface area contributed by atoms with Crippen molar-refractivity contribution in [3.63, 3.8) is 0 Å². The van der Waals surface area contributed by atoms with Gasteiger partial charge in [-0.3, -0.25) is 14.7 Å². The summed E-state index contributed by atoms with van der Waals surface area (Å²) < 4.78 is 18.1. The van der Waals surface area contributed by atoms with Crippen molar-refractivity contribution in [1.29, 1.82) is 0 Å². The normalized spacial score (nSPS) is 37.7. The molecule has 0 aromatic heterocycles. The number of rotatable bonds is 6. The molecule has 0 amide bonds. The Kier molecular flexibility index (Phi) is 6.72. The highest BCUT2D eigenvalue weighted by Crippen LogP contribution is 2.28. The topological polar surface area (TPSA) is 37.4 Å². The summed E-state index contributed by atoms with van der Waals surface area (Å²) in [5, 5.41) is 0. The van der Waals surface area contributed by atoms with Gasteiger partial charge in [0.2, 0.25) is 0 Å². The molecule has 156 valence electrons. The lowest BCUT2D eigenvalue weighted by atomic mass is 10.1. The SMILES string of the molecule is CC(C1CCCO1)N1CN(C(C)C2CCCO2)CN(C(C)C2CCCO2)C1. The summed E-state index contributed by atoms with van der Waals surface area (Å²) in [6, 6.07) is 1.35. The van der Waals surface area contributed by atoms with Gasteiger partial charge < -0.3 is 14.2 Å². The van der Waals surface area contributed by atoms with Crippen molar-refractivity contribution in [2.24, 2.45) is 0 Å². The van der Waals surface area contributed by atoms with Crippen molar-refractivity contribution in [3.05, 3.63) is 0 Å². The molecule has 4 rings (SSSR count). The van der Waals surface area contributed by atoms with Crippen LogP contribution >= 0.6 is 0 Å². The molecule has 6 atom stereocenters. The predicted octanol–water partition coefficient (Wildman–Crippen LogP) is 2.48. The molecular weight excluding hydrogens is 342 g/mol. The molecule has 0 aromatic carbocycles. The molecule has 0 spiro atoms. The van der Waals surface area contributed by atoms with E-state index < -0.39 is 0 Å². The number of hydrogen-bond donors (Lipinski definition) is 0. The molecular formula is C21H39N3O3. The molecule has 0 saturated carbocycles. The summed E-state index contributed by atoms with van der Waals surface area (Å²) in [6.45, 7) is 12.9. The van der Waals surface area contributed by atoms with Gasteiger partial charge in [-0.15, -0.1) is 0 Å². The third kappa shape index (κ3) is 4.51. The molecule has 0 bridgehead atoms. The second-order valence-corrected chi connectivity index (χ2v) is 9.07. The summed E-state index contributed by atoms with van der Waals surface area (Å²) in [6.07, 6.45) is 8.33. The lowest BCUT2D eigenvalue weighted by Crippen LogP contribution is -2.64. The van der Waals surface area contributed by atoms with E-state index >= 15 is 0 Å². The van der Waals surface area contributed by atoms with E-state index in [4.69, 9.17) is 14.2 Å². The Morgan fingerprint density at radius 3 is 1.07 bits per heavy atom. The van der Waals surface area contributed by atoms with E-state index in [2.05, 4.69) is 35.5 Å². The van der Waals surface area contributed by atoms with Crippen LogP contribution in [0.3, 0.4) is 0 Å². The summed E-state index contributed by atoms with van der Waals surface area (Å²) in [5.74, 6) is 0. The minimum absolute atomic E-state index is 0.378. The summed E-state index contributed by atoms with van der Waals surface area (Å²) in [4.78, 5) is 7.86. The molecule has 0 aliphatic carbocycles. The van der Waals surface area contributed by atoms with Crippen LogP contribution in [0.4, 0.5) is 0 Å². The van der Waals surface area contributed by atoms with Gasteiger partial charge in [0.15, 0.2) is 0 Å². The molecule has 0 radical (unpaired) electrons. The summed E-state index contributed by atoms with van der Waals surface area (Å²) >= 11 is 0. The zero-order valence-electron chi connectivity index (χ0n) is 17.5. The van der Waals surface area contributed by atoms with Crippen LogP contribution in [0.15, 0.2) is 0 Å². The van der Waals surface area contributed by atoms with E-state index in [0.717, 1.165) is 39.8 Å². The maximum atomic E-state index is 6.03.